The lowest BCUT2D eigenvalue weighted by Crippen LogP contribution is -2.63. The van der Waals surface area contributed by atoms with Crippen LogP contribution in [0.15, 0.2) is 29.3 Å². The molecule has 1 aromatic rings. The van der Waals surface area contributed by atoms with E-state index in [0.29, 0.717) is 26.0 Å². The van der Waals surface area contributed by atoms with E-state index in [0.717, 1.165) is 11.4 Å². The summed E-state index contributed by atoms with van der Waals surface area (Å²) in [4.78, 5) is 29.9. The summed E-state index contributed by atoms with van der Waals surface area (Å²) in [6, 6.07) is 7.55. The first-order valence-electron chi connectivity index (χ1n) is 7.82. The van der Waals surface area contributed by atoms with E-state index in [-0.39, 0.29) is 30.1 Å². The van der Waals surface area contributed by atoms with Gasteiger partial charge >= 0.3 is 0 Å². The van der Waals surface area contributed by atoms with Gasteiger partial charge in [0.25, 0.3) is 0 Å². The zero-order chi connectivity index (χ0) is 15.8. The Balaban J connectivity index is 1.58. The minimum absolute atomic E-state index is 0.0458. The molecule has 7 heteroatoms. The second-order valence-electron chi connectivity index (χ2n) is 5.95. The topological polar surface area (TPSA) is 83.0 Å². The quantitative estimate of drug-likeness (QED) is 0.754. The highest BCUT2D eigenvalue weighted by atomic mass is 16.5. The summed E-state index contributed by atoms with van der Waals surface area (Å²) in [5, 5.41) is 5.75. The van der Waals surface area contributed by atoms with Crippen LogP contribution in [0.4, 0.5) is 5.69 Å². The number of fused-ring (bicyclic) bond motifs is 3. The molecule has 2 amide bonds. The van der Waals surface area contributed by atoms with Crippen LogP contribution in [0, 0.1) is 0 Å². The Morgan fingerprint density at radius 3 is 3.04 bits per heavy atom. The lowest BCUT2D eigenvalue weighted by molar-refractivity contribution is -0.134. The van der Waals surface area contributed by atoms with Crippen LogP contribution in [0.25, 0.3) is 0 Å². The van der Waals surface area contributed by atoms with E-state index in [4.69, 9.17) is 4.74 Å². The number of hydrogen-bond donors (Lipinski definition) is 2. The van der Waals surface area contributed by atoms with Crippen LogP contribution in [-0.2, 0) is 9.59 Å². The van der Waals surface area contributed by atoms with Gasteiger partial charge in [-0.2, -0.15) is 0 Å². The summed E-state index contributed by atoms with van der Waals surface area (Å²) in [6.07, 6.45) is 2.68. The molecule has 0 spiro atoms. The molecule has 1 aromatic carbocycles. The Hall–Kier alpha value is -2.41. The maximum absolute atomic E-state index is 12.0. The molecule has 120 valence electrons. The lowest BCUT2D eigenvalue weighted by atomic mass is 10.0. The third-order valence-corrected chi connectivity index (χ3v) is 4.43. The Morgan fingerprint density at radius 2 is 2.17 bits per heavy atom. The van der Waals surface area contributed by atoms with Crippen LogP contribution in [0.3, 0.4) is 0 Å². The standard InChI is InChI=1S/C16H18N4O3/c21-15-6-5-11(16(22)19-15)18-14-8-17-7-10-9-23-13-4-2-1-3-12(13)20(10)14/h1-4,7,10-11,14,18H,5-6,8-9H2,(H,19,21,22). The molecule has 3 heterocycles. The van der Waals surface area contributed by atoms with Crippen molar-refractivity contribution >= 4 is 23.7 Å². The number of piperidine rings is 1. The number of nitrogens with one attached hydrogen (secondary N) is 2. The van der Waals surface area contributed by atoms with Gasteiger partial charge in [-0.1, -0.05) is 12.1 Å². The molecule has 23 heavy (non-hydrogen) atoms. The second kappa shape index (κ2) is 5.66. The number of para-hydroxylation sites is 2. The summed E-state index contributed by atoms with van der Waals surface area (Å²) < 4.78 is 5.78. The number of anilines is 1. The largest absolute Gasteiger partial charge is 0.489 e. The maximum atomic E-state index is 12.0. The fourth-order valence-corrected chi connectivity index (χ4v) is 3.33. The van der Waals surface area contributed by atoms with Crippen LogP contribution >= 0.6 is 0 Å². The van der Waals surface area contributed by atoms with E-state index < -0.39 is 0 Å². The number of hydrogen-bond acceptors (Lipinski definition) is 6. The molecule has 1 saturated heterocycles. The zero-order valence-corrected chi connectivity index (χ0v) is 12.6. The first-order valence-corrected chi connectivity index (χ1v) is 7.82. The average Bonchev–Trinajstić information content (AvgIpc) is 2.57. The van der Waals surface area contributed by atoms with Crippen LogP contribution in [-0.4, -0.2) is 49.4 Å². The van der Waals surface area contributed by atoms with Crippen molar-refractivity contribution in [1.29, 1.82) is 0 Å². The van der Waals surface area contributed by atoms with Gasteiger partial charge in [0, 0.05) is 12.6 Å². The highest BCUT2D eigenvalue weighted by Crippen LogP contribution is 2.35. The zero-order valence-electron chi connectivity index (χ0n) is 12.6. The molecule has 3 aliphatic heterocycles. The Bertz CT molecular complexity index is 675. The number of benzene rings is 1. The molecule has 0 aromatic heterocycles. The van der Waals surface area contributed by atoms with E-state index >= 15 is 0 Å². The second-order valence-corrected chi connectivity index (χ2v) is 5.95. The number of nitrogens with zero attached hydrogens (tertiary/aromatic N) is 2. The fraction of sp³-hybridized carbons (Fsp3) is 0.438. The van der Waals surface area contributed by atoms with Crippen molar-refractivity contribution in [3.63, 3.8) is 0 Å². The van der Waals surface area contributed by atoms with Crippen molar-refractivity contribution in [2.24, 2.45) is 4.99 Å². The van der Waals surface area contributed by atoms with E-state index in [1.807, 2.05) is 30.5 Å². The number of carbonyl (C=O) groups excluding carboxylic acids is 2. The Kier molecular flexibility index (Phi) is 3.49. The summed E-state index contributed by atoms with van der Waals surface area (Å²) in [5.41, 5.74) is 1.000. The number of carbonyl (C=O) groups is 2. The fourth-order valence-electron chi connectivity index (χ4n) is 3.33. The molecule has 0 saturated carbocycles. The number of amides is 2. The number of imide groups is 1. The lowest BCUT2D eigenvalue weighted by Gasteiger charge is -2.45. The molecule has 2 N–H and O–H groups in total. The maximum Gasteiger partial charge on any atom is 0.243 e. The molecular weight excluding hydrogens is 296 g/mol. The van der Waals surface area contributed by atoms with Gasteiger partial charge in [0.1, 0.15) is 18.5 Å². The van der Waals surface area contributed by atoms with Gasteiger partial charge in [0.2, 0.25) is 11.8 Å². The highest BCUT2D eigenvalue weighted by molar-refractivity contribution is 6.00. The average molecular weight is 314 g/mol. The van der Waals surface area contributed by atoms with Crippen LogP contribution in [0.5, 0.6) is 5.75 Å². The first-order chi connectivity index (χ1) is 11.2. The SMILES string of the molecule is O=C1CCC(NC2CN=CC3COc4ccccc4N32)C(=O)N1. The van der Waals surface area contributed by atoms with Gasteiger partial charge in [0.15, 0.2) is 0 Å². The normalized spacial score (nSPS) is 29.4. The number of aliphatic imine (C=N–C) groups is 1. The minimum atomic E-state index is -0.373. The van der Waals surface area contributed by atoms with Crippen molar-refractivity contribution in [1.82, 2.24) is 10.6 Å². The van der Waals surface area contributed by atoms with Gasteiger partial charge < -0.3 is 9.64 Å². The van der Waals surface area contributed by atoms with Crippen molar-refractivity contribution in [3.8, 4) is 5.75 Å². The molecule has 0 aliphatic carbocycles. The molecule has 4 rings (SSSR count). The Morgan fingerprint density at radius 1 is 1.30 bits per heavy atom. The molecule has 7 nitrogen and oxygen atoms in total. The molecule has 0 radical (unpaired) electrons. The predicted molar refractivity (Wildman–Crippen MR) is 84.7 cm³/mol. The van der Waals surface area contributed by atoms with Gasteiger partial charge in [-0.3, -0.25) is 25.2 Å². The third-order valence-electron chi connectivity index (χ3n) is 4.43. The van der Waals surface area contributed by atoms with Crippen molar-refractivity contribution in [2.45, 2.75) is 31.1 Å². The molecule has 3 atom stereocenters. The summed E-state index contributed by atoms with van der Waals surface area (Å²) in [7, 11) is 0. The van der Waals surface area contributed by atoms with Crippen molar-refractivity contribution in [2.75, 3.05) is 18.1 Å². The molecular formula is C16H18N4O3. The van der Waals surface area contributed by atoms with Crippen molar-refractivity contribution in [3.05, 3.63) is 24.3 Å². The van der Waals surface area contributed by atoms with Gasteiger partial charge in [-0.05, 0) is 18.6 Å². The minimum Gasteiger partial charge on any atom is -0.489 e. The Labute approximate surface area is 133 Å². The molecule has 3 unspecified atom stereocenters. The van der Waals surface area contributed by atoms with Crippen LogP contribution in [0.2, 0.25) is 0 Å². The van der Waals surface area contributed by atoms with Crippen LogP contribution < -0.4 is 20.3 Å². The predicted octanol–water partition coefficient (Wildman–Crippen LogP) is 0.0593. The van der Waals surface area contributed by atoms with Crippen LogP contribution in [0.1, 0.15) is 12.8 Å². The van der Waals surface area contributed by atoms with Gasteiger partial charge in [0.05, 0.1) is 24.3 Å². The molecule has 1 fully saturated rings. The van der Waals surface area contributed by atoms with E-state index in [1.54, 1.807) is 0 Å². The molecule has 0 bridgehead atoms. The first kappa shape index (κ1) is 14.2. The van der Waals surface area contributed by atoms with E-state index in [1.165, 1.54) is 0 Å². The van der Waals surface area contributed by atoms with E-state index in [2.05, 4.69) is 20.5 Å². The third kappa shape index (κ3) is 2.57. The summed E-state index contributed by atoms with van der Waals surface area (Å²) >= 11 is 0. The molecule has 3 aliphatic rings. The smallest absolute Gasteiger partial charge is 0.243 e. The van der Waals surface area contributed by atoms with E-state index in [9.17, 15) is 9.59 Å². The van der Waals surface area contributed by atoms with Gasteiger partial charge in [-0.15, -0.1) is 0 Å². The van der Waals surface area contributed by atoms with Gasteiger partial charge in [-0.25, -0.2) is 0 Å². The number of ether oxygens (including phenoxy) is 1. The summed E-state index contributed by atoms with van der Waals surface area (Å²) in [6.45, 7) is 1.09. The van der Waals surface area contributed by atoms with Crippen molar-refractivity contribution < 1.29 is 14.3 Å². The highest BCUT2D eigenvalue weighted by Gasteiger charge is 2.37. The summed E-state index contributed by atoms with van der Waals surface area (Å²) in [5.74, 6) is 0.382. The number of rotatable bonds is 2. The monoisotopic (exact) mass is 314 g/mol.